The van der Waals surface area contributed by atoms with E-state index in [1.54, 1.807) is 0 Å². The number of hydrogen-bond donors (Lipinski definition) is 1. The molecule has 21 heavy (non-hydrogen) atoms. The molecule has 1 aliphatic carbocycles. The molecule has 0 amide bonds. The molecule has 1 nitrogen and oxygen atoms in total. The van der Waals surface area contributed by atoms with Crippen LogP contribution >= 0.6 is 0 Å². The molecule has 0 radical (unpaired) electrons. The Kier molecular flexibility index (Phi) is 11.3. The van der Waals surface area contributed by atoms with Crippen LogP contribution in [0.5, 0.6) is 0 Å². The highest BCUT2D eigenvalue weighted by Gasteiger charge is 2.31. The summed E-state index contributed by atoms with van der Waals surface area (Å²) in [5, 5.41) is 0. The second kappa shape index (κ2) is 12.5. The minimum atomic E-state index is 0.530. The average molecular weight is 296 g/mol. The molecular formula is C20H41N. The molecule has 0 aromatic heterocycles. The van der Waals surface area contributed by atoms with Crippen LogP contribution in [0.1, 0.15) is 110 Å². The lowest BCUT2D eigenvalue weighted by Crippen LogP contribution is -2.40. The monoisotopic (exact) mass is 295 g/mol. The summed E-state index contributed by atoms with van der Waals surface area (Å²) in [7, 11) is 0. The molecule has 0 saturated heterocycles. The number of hydrogen-bond acceptors (Lipinski definition) is 1. The molecule has 1 atom stereocenters. The molecule has 1 saturated carbocycles. The van der Waals surface area contributed by atoms with Crippen molar-refractivity contribution >= 4 is 0 Å². The minimum absolute atomic E-state index is 0.530. The van der Waals surface area contributed by atoms with Crippen molar-refractivity contribution in [3.63, 3.8) is 0 Å². The molecule has 0 bridgehead atoms. The Hall–Kier alpha value is -0.0400. The summed E-state index contributed by atoms with van der Waals surface area (Å²) in [6.45, 7) is 4.60. The van der Waals surface area contributed by atoms with Gasteiger partial charge in [-0.15, -0.1) is 0 Å². The van der Waals surface area contributed by atoms with Crippen LogP contribution in [-0.4, -0.2) is 6.04 Å². The van der Waals surface area contributed by atoms with E-state index in [1.807, 2.05) is 0 Å². The van der Waals surface area contributed by atoms with Crippen LogP contribution in [0.4, 0.5) is 0 Å². The van der Waals surface area contributed by atoms with Gasteiger partial charge in [0.25, 0.3) is 0 Å². The SMILES string of the molecule is CCCCCCCCC(CCCCCCC)[C@H]1C[C@H](N)C1. The Morgan fingerprint density at radius 3 is 1.57 bits per heavy atom. The molecule has 1 rings (SSSR count). The van der Waals surface area contributed by atoms with Crippen molar-refractivity contribution in [1.82, 2.24) is 0 Å². The normalized spacial score (nSPS) is 23.0. The molecule has 0 spiro atoms. The molecule has 0 aromatic rings. The second-order valence-corrected chi connectivity index (χ2v) is 7.51. The summed E-state index contributed by atoms with van der Waals surface area (Å²) < 4.78 is 0. The van der Waals surface area contributed by atoms with Crippen molar-refractivity contribution in [2.75, 3.05) is 0 Å². The quantitative estimate of drug-likeness (QED) is 0.366. The fourth-order valence-electron chi connectivity index (χ4n) is 3.91. The maximum atomic E-state index is 6.01. The zero-order valence-electron chi connectivity index (χ0n) is 14.9. The molecule has 1 fully saturated rings. The smallest absolute Gasteiger partial charge is 0.00443 e. The van der Waals surface area contributed by atoms with E-state index < -0.39 is 0 Å². The number of nitrogens with two attached hydrogens (primary N) is 1. The van der Waals surface area contributed by atoms with Gasteiger partial charge < -0.3 is 5.73 Å². The van der Waals surface area contributed by atoms with Crippen molar-refractivity contribution in [2.24, 2.45) is 17.6 Å². The highest BCUT2D eigenvalue weighted by atomic mass is 14.7. The first-order valence-electron chi connectivity index (χ1n) is 10.0. The fraction of sp³-hybridized carbons (Fsp3) is 1.00. The van der Waals surface area contributed by atoms with Crippen molar-refractivity contribution < 1.29 is 0 Å². The molecular weight excluding hydrogens is 254 g/mol. The van der Waals surface area contributed by atoms with E-state index in [4.69, 9.17) is 5.73 Å². The maximum Gasteiger partial charge on any atom is 0.00443 e. The third-order valence-electron chi connectivity index (χ3n) is 5.48. The largest absolute Gasteiger partial charge is 0.328 e. The number of rotatable bonds is 14. The standard InChI is InChI=1S/C20H41N/c1-3-5-7-9-11-13-15-18(19-16-20(21)17-19)14-12-10-8-6-4-2/h18-20H,3-17,21H2,1-2H3/t18?,19-,20-. The molecule has 2 N–H and O–H groups in total. The van der Waals surface area contributed by atoms with Crippen LogP contribution in [0.3, 0.4) is 0 Å². The van der Waals surface area contributed by atoms with Gasteiger partial charge in [0.1, 0.15) is 0 Å². The zero-order chi connectivity index (χ0) is 15.3. The minimum Gasteiger partial charge on any atom is -0.328 e. The molecule has 1 heteroatoms. The van der Waals surface area contributed by atoms with E-state index in [0.717, 1.165) is 11.8 Å². The zero-order valence-corrected chi connectivity index (χ0v) is 14.9. The molecule has 1 aliphatic rings. The van der Waals surface area contributed by atoms with Gasteiger partial charge in [-0.2, -0.15) is 0 Å². The Labute approximate surface area is 134 Å². The lowest BCUT2D eigenvalue weighted by molar-refractivity contribution is 0.152. The van der Waals surface area contributed by atoms with E-state index in [-0.39, 0.29) is 0 Å². The van der Waals surface area contributed by atoms with E-state index in [9.17, 15) is 0 Å². The van der Waals surface area contributed by atoms with Crippen molar-refractivity contribution in [1.29, 1.82) is 0 Å². The first-order chi connectivity index (χ1) is 10.3. The summed E-state index contributed by atoms with van der Waals surface area (Å²) in [4.78, 5) is 0. The van der Waals surface area contributed by atoms with Crippen LogP contribution in [0.15, 0.2) is 0 Å². The van der Waals surface area contributed by atoms with E-state index >= 15 is 0 Å². The predicted molar refractivity (Wildman–Crippen MR) is 95.6 cm³/mol. The van der Waals surface area contributed by atoms with Gasteiger partial charge in [-0.25, -0.2) is 0 Å². The van der Waals surface area contributed by atoms with Gasteiger partial charge in [-0.1, -0.05) is 97.3 Å². The summed E-state index contributed by atoms with van der Waals surface area (Å²) in [6, 6.07) is 0.530. The van der Waals surface area contributed by atoms with Gasteiger partial charge in [-0.05, 0) is 24.7 Å². The predicted octanol–water partition coefficient (Wildman–Crippen LogP) is 6.45. The van der Waals surface area contributed by atoms with Crippen molar-refractivity contribution in [3.8, 4) is 0 Å². The molecule has 1 unspecified atom stereocenters. The van der Waals surface area contributed by atoms with Gasteiger partial charge in [0, 0.05) is 6.04 Å². The van der Waals surface area contributed by atoms with E-state index in [0.29, 0.717) is 6.04 Å². The lowest BCUT2D eigenvalue weighted by Gasteiger charge is -2.39. The summed E-state index contributed by atoms with van der Waals surface area (Å²) in [6.07, 6.45) is 21.4. The van der Waals surface area contributed by atoms with Gasteiger partial charge in [0.2, 0.25) is 0 Å². The number of unbranched alkanes of at least 4 members (excludes halogenated alkanes) is 9. The fourth-order valence-corrected chi connectivity index (χ4v) is 3.91. The van der Waals surface area contributed by atoms with Crippen LogP contribution in [0, 0.1) is 11.8 Å². The van der Waals surface area contributed by atoms with Crippen LogP contribution in [-0.2, 0) is 0 Å². The third kappa shape index (κ3) is 8.86. The van der Waals surface area contributed by atoms with E-state index in [1.165, 1.54) is 96.3 Å². The topological polar surface area (TPSA) is 26.0 Å². The molecule has 0 aromatic carbocycles. The maximum absolute atomic E-state index is 6.01. The Morgan fingerprint density at radius 2 is 1.14 bits per heavy atom. The van der Waals surface area contributed by atoms with Gasteiger partial charge >= 0.3 is 0 Å². The van der Waals surface area contributed by atoms with Gasteiger partial charge in [0.15, 0.2) is 0 Å². The second-order valence-electron chi connectivity index (χ2n) is 7.51. The summed E-state index contributed by atoms with van der Waals surface area (Å²) in [5.41, 5.74) is 6.01. The van der Waals surface area contributed by atoms with Gasteiger partial charge in [-0.3, -0.25) is 0 Å². The third-order valence-corrected chi connectivity index (χ3v) is 5.48. The van der Waals surface area contributed by atoms with Crippen molar-refractivity contribution in [3.05, 3.63) is 0 Å². The first-order valence-corrected chi connectivity index (χ1v) is 10.0. The molecule has 126 valence electrons. The van der Waals surface area contributed by atoms with Crippen LogP contribution in [0.25, 0.3) is 0 Å². The van der Waals surface area contributed by atoms with Crippen LogP contribution < -0.4 is 5.73 Å². The Balaban J connectivity index is 2.10. The Bertz CT molecular complexity index is 220. The highest BCUT2D eigenvalue weighted by molar-refractivity contribution is 4.86. The average Bonchev–Trinajstić information content (AvgIpc) is 2.45. The summed E-state index contributed by atoms with van der Waals surface area (Å²) in [5.74, 6) is 1.97. The van der Waals surface area contributed by atoms with E-state index in [2.05, 4.69) is 13.8 Å². The molecule has 0 aliphatic heterocycles. The van der Waals surface area contributed by atoms with Gasteiger partial charge in [0.05, 0.1) is 0 Å². The van der Waals surface area contributed by atoms with Crippen molar-refractivity contribution in [2.45, 2.75) is 116 Å². The van der Waals surface area contributed by atoms with Crippen LogP contribution in [0.2, 0.25) is 0 Å². The first kappa shape index (κ1) is 19.0. The Morgan fingerprint density at radius 1 is 0.714 bits per heavy atom. The molecule has 0 heterocycles. The highest BCUT2D eigenvalue weighted by Crippen LogP contribution is 2.38. The lowest BCUT2D eigenvalue weighted by atomic mass is 9.69. The summed E-state index contributed by atoms with van der Waals surface area (Å²) >= 11 is 0.